The van der Waals surface area contributed by atoms with E-state index in [2.05, 4.69) is 32.7 Å². The van der Waals surface area contributed by atoms with Crippen molar-refractivity contribution in [3.8, 4) is 0 Å². The highest BCUT2D eigenvalue weighted by Gasteiger charge is 2.06. The summed E-state index contributed by atoms with van der Waals surface area (Å²) in [6, 6.07) is 0. The third-order valence-corrected chi connectivity index (χ3v) is 2.57. The first-order valence-corrected chi connectivity index (χ1v) is 7.00. The van der Waals surface area contributed by atoms with E-state index in [1.807, 2.05) is 6.08 Å². The molecule has 0 bridgehead atoms. The molecule has 102 valence electrons. The average Bonchev–Trinajstić information content (AvgIpc) is 2.24. The smallest absolute Gasteiger partial charge is 0.0468 e. The van der Waals surface area contributed by atoms with Gasteiger partial charge in [0.25, 0.3) is 0 Å². The number of hydrogen-bond donors (Lipinski definition) is 1. The van der Waals surface area contributed by atoms with E-state index in [0.29, 0.717) is 0 Å². The van der Waals surface area contributed by atoms with Crippen LogP contribution in [0.5, 0.6) is 0 Å². The van der Waals surface area contributed by atoms with Crippen LogP contribution < -0.4 is 5.32 Å². The Bertz CT molecular complexity index is 172. The fourth-order valence-corrected chi connectivity index (χ4v) is 1.58. The Labute approximate surface area is 108 Å². The molecule has 0 amide bonds. The van der Waals surface area contributed by atoms with Crippen LogP contribution in [0, 0.1) is 0 Å². The number of allylic oxidation sites excluding steroid dienone is 1. The highest BCUT2D eigenvalue weighted by atomic mass is 16.5. The van der Waals surface area contributed by atoms with Gasteiger partial charge in [0.2, 0.25) is 0 Å². The topological polar surface area (TPSA) is 21.3 Å². The molecule has 0 aliphatic rings. The minimum Gasteiger partial charge on any atom is -0.381 e. The van der Waals surface area contributed by atoms with E-state index in [-0.39, 0.29) is 5.54 Å². The molecule has 0 aromatic heterocycles. The SMILES string of the molecule is C=CCCCOCCCCCCNC(C)(C)C. The average molecular weight is 241 g/mol. The fourth-order valence-electron chi connectivity index (χ4n) is 1.58. The second kappa shape index (κ2) is 10.8. The summed E-state index contributed by atoms with van der Waals surface area (Å²) in [5.41, 5.74) is 0.258. The largest absolute Gasteiger partial charge is 0.381 e. The zero-order chi connectivity index (χ0) is 13.0. The molecule has 0 fully saturated rings. The van der Waals surface area contributed by atoms with Crippen LogP contribution in [0.1, 0.15) is 59.3 Å². The lowest BCUT2D eigenvalue weighted by Gasteiger charge is -2.20. The van der Waals surface area contributed by atoms with Crippen molar-refractivity contribution in [1.82, 2.24) is 5.32 Å². The van der Waals surface area contributed by atoms with Crippen molar-refractivity contribution in [1.29, 1.82) is 0 Å². The molecule has 17 heavy (non-hydrogen) atoms. The molecular weight excluding hydrogens is 210 g/mol. The summed E-state index contributed by atoms with van der Waals surface area (Å²) in [5.74, 6) is 0. The number of nitrogens with one attached hydrogen (secondary N) is 1. The monoisotopic (exact) mass is 241 g/mol. The molecule has 0 saturated heterocycles. The molecule has 0 rings (SSSR count). The van der Waals surface area contributed by atoms with Crippen molar-refractivity contribution >= 4 is 0 Å². The van der Waals surface area contributed by atoms with Gasteiger partial charge in [-0.05, 0) is 53.0 Å². The zero-order valence-electron chi connectivity index (χ0n) is 12.1. The van der Waals surface area contributed by atoms with Gasteiger partial charge in [0, 0.05) is 18.8 Å². The van der Waals surface area contributed by atoms with Crippen LogP contribution in [0.3, 0.4) is 0 Å². The summed E-state index contributed by atoms with van der Waals surface area (Å²) in [6.45, 7) is 13.3. The standard InChI is InChI=1S/C15H31NO/c1-5-6-10-13-17-14-11-8-7-9-12-16-15(2,3)4/h5,16H,1,6-14H2,2-4H3. The van der Waals surface area contributed by atoms with Gasteiger partial charge in [0.15, 0.2) is 0 Å². The van der Waals surface area contributed by atoms with E-state index in [4.69, 9.17) is 4.74 Å². The molecule has 0 aliphatic heterocycles. The fraction of sp³-hybridized carbons (Fsp3) is 0.867. The van der Waals surface area contributed by atoms with Gasteiger partial charge < -0.3 is 10.1 Å². The quantitative estimate of drug-likeness (QED) is 0.437. The van der Waals surface area contributed by atoms with E-state index in [9.17, 15) is 0 Å². The van der Waals surface area contributed by atoms with Crippen LogP contribution in [0.4, 0.5) is 0 Å². The predicted molar refractivity (Wildman–Crippen MR) is 76.5 cm³/mol. The third-order valence-electron chi connectivity index (χ3n) is 2.57. The van der Waals surface area contributed by atoms with Gasteiger partial charge in [-0.3, -0.25) is 0 Å². The molecule has 0 atom stereocenters. The Hall–Kier alpha value is -0.340. The Kier molecular flexibility index (Phi) is 10.6. The maximum absolute atomic E-state index is 5.53. The highest BCUT2D eigenvalue weighted by Crippen LogP contribution is 2.03. The number of ether oxygens (including phenoxy) is 1. The number of unbranched alkanes of at least 4 members (excludes halogenated alkanes) is 4. The first-order valence-electron chi connectivity index (χ1n) is 7.00. The lowest BCUT2D eigenvalue weighted by molar-refractivity contribution is 0.128. The second-order valence-corrected chi connectivity index (χ2v) is 5.63. The number of hydrogen-bond acceptors (Lipinski definition) is 2. The van der Waals surface area contributed by atoms with Crippen molar-refractivity contribution in [3.05, 3.63) is 12.7 Å². The summed E-state index contributed by atoms with van der Waals surface area (Å²) < 4.78 is 5.53. The van der Waals surface area contributed by atoms with Gasteiger partial charge >= 0.3 is 0 Å². The van der Waals surface area contributed by atoms with E-state index in [1.165, 1.54) is 25.7 Å². The molecule has 0 aromatic rings. The summed E-state index contributed by atoms with van der Waals surface area (Å²) >= 11 is 0. The molecule has 0 saturated carbocycles. The van der Waals surface area contributed by atoms with E-state index in [0.717, 1.165) is 32.6 Å². The molecule has 2 heteroatoms. The molecule has 0 aliphatic carbocycles. The van der Waals surface area contributed by atoms with Crippen molar-refractivity contribution < 1.29 is 4.74 Å². The van der Waals surface area contributed by atoms with E-state index < -0.39 is 0 Å². The first kappa shape index (κ1) is 16.7. The summed E-state index contributed by atoms with van der Waals surface area (Å²) in [6.07, 6.45) is 9.19. The van der Waals surface area contributed by atoms with E-state index in [1.54, 1.807) is 0 Å². The van der Waals surface area contributed by atoms with Crippen LogP contribution in [-0.2, 0) is 4.74 Å². The van der Waals surface area contributed by atoms with Crippen LogP contribution in [0.2, 0.25) is 0 Å². The Morgan fingerprint density at radius 1 is 1.00 bits per heavy atom. The molecular formula is C15H31NO. The normalized spacial score (nSPS) is 11.7. The third kappa shape index (κ3) is 15.7. The van der Waals surface area contributed by atoms with Crippen molar-refractivity contribution in [2.24, 2.45) is 0 Å². The van der Waals surface area contributed by atoms with Crippen molar-refractivity contribution in [3.63, 3.8) is 0 Å². The highest BCUT2D eigenvalue weighted by molar-refractivity contribution is 4.69. The van der Waals surface area contributed by atoms with Gasteiger partial charge in [-0.2, -0.15) is 0 Å². The summed E-state index contributed by atoms with van der Waals surface area (Å²) in [5, 5.41) is 3.51. The van der Waals surface area contributed by atoms with Gasteiger partial charge in [-0.25, -0.2) is 0 Å². The van der Waals surface area contributed by atoms with Crippen LogP contribution in [0.15, 0.2) is 12.7 Å². The molecule has 0 radical (unpaired) electrons. The predicted octanol–water partition coefficient (Wildman–Crippen LogP) is 3.92. The Morgan fingerprint density at radius 2 is 1.65 bits per heavy atom. The minimum absolute atomic E-state index is 0.258. The molecule has 1 N–H and O–H groups in total. The first-order chi connectivity index (χ1) is 8.06. The van der Waals surface area contributed by atoms with Crippen molar-refractivity contribution in [2.45, 2.75) is 64.8 Å². The van der Waals surface area contributed by atoms with Crippen LogP contribution in [-0.4, -0.2) is 25.3 Å². The van der Waals surface area contributed by atoms with Crippen molar-refractivity contribution in [2.75, 3.05) is 19.8 Å². The van der Waals surface area contributed by atoms with Gasteiger partial charge in [-0.15, -0.1) is 6.58 Å². The second-order valence-electron chi connectivity index (χ2n) is 5.63. The molecule has 0 aromatic carbocycles. The molecule has 0 heterocycles. The molecule has 0 unspecified atom stereocenters. The summed E-state index contributed by atoms with van der Waals surface area (Å²) in [7, 11) is 0. The lowest BCUT2D eigenvalue weighted by atomic mass is 10.1. The van der Waals surface area contributed by atoms with Gasteiger partial charge in [-0.1, -0.05) is 18.9 Å². The molecule has 0 spiro atoms. The van der Waals surface area contributed by atoms with Gasteiger partial charge in [0.1, 0.15) is 0 Å². The van der Waals surface area contributed by atoms with Crippen LogP contribution >= 0.6 is 0 Å². The lowest BCUT2D eigenvalue weighted by Crippen LogP contribution is -2.36. The van der Waals surface area contributed by atoms with Gasteiger partial charge in [0.05, 0.1) is 0 Å². The Morgan fingerprint density at radius 3 is 2.29 bits per heavy atom. The summed E-state index contributed by atoms with van der Waals surface area (Å²) in [4.78, 5) is 0. The van der Waals surface area contributed by atoms with E-state index >= 15 is 0 Å². The maximum Gasteiger partial charge on any atom is 0.0468 e. The number of rotatable bonds is 11. The van der Waals surface area contributed by atoms with Crippen LogP contribution in [0.25, 0.3) is 0 Å². The zero-order valence-corrected chi connectivity index (χ0v) is 12.1. The minimum atomic E-state index is 0.258. The molecule has 2 nitrogen and oxygen atoms in total. The Balaban J connectivity index is 3.01. The maximum atomic E-state index is 5.53.